The molecule has 0 bridgehead atoms. The molecule has 1 aromatic carbocycles. The summed E-state index contributed by atoms with van der Waals surface area (Å²) < 4.78 is 11.2. The normalized spacial score (nSPS) is 20.0. The predicted molar refractivity (Wildman–Crippen MR) is 102 cm³/mol. The van der Waals surface area contributed by atoms with Crippen molar-refractivity contribution in [3.8, 4) is 11.5 Å². The second-order valence-corrected chi connectivity index (χ2v) is 7.13. The van der Waals surface area contributed by atoms with E-state index in [4.69, 9.17) is 9.47 Å². The number of rotatable bonds is 6. The molecule has 0 spiro atoms. The van der Waals surface area contributed by atoms with Crippen LogP contribution in [0.15, 0.2) is 29.8 Å². The van der Waals surface area contributed by atoms with Crippen molar-refractivity contribution in [2.75, 3.05) is 39.9 Å². The molecular weight excluding hydrogens is 346 g/mol. The standard InChI is InChI=1S/C20H27N3O4/c1-14(2)6-9-27-17-5-4-15(10-18(17)26-3)12-22-7-8-23-16(13-22)20(25)21-11-19(23)24/h4-6,10,16H,7-9,11-13H2,1-3H3,(H,21,25)/t16-/m0/s1. The fourth-order valence-corrected chi connectivity index (χ4v) is 3.37. The maximum atomic E-state index is 12.1. The van der Waals surface area contributed by atoms with Gasteiger partial charge in [-0.1, -0.05) is 11.6 Å². The minimum absolute atomic E-state index is 0.00112. The first kappa shape index (κ1) is 19.2. The number of piperazine rings is 2. The van der Waals surface area contributed by atoms with Crippen molar-refractivity contribution in [3.05, 3.63) is 35.4 Å². The van der Waals surface area contributed by atoms with Gasteiger partial charge in [-0.15, -0.1) is 0 Å². The predicted octanol–water partition coefficient (Wildman–Crippen LogP) is 1.18. The molecule has 7 nitrogen and oxygen atoms in total. The maximum Gasteiger partial charge on any atom is 0.244 e. The molecule has 2 fully saturated rings. The monoisotopic (exact) mass is 373 g/mol. The highest BCUT2D eigenvalue weighted by molar-refractivity contribution is 5.95. The molecule has 0 saturated carbocycles. The average molecular weight is 373 g/mol. The van der Waals surface area contributed by atoms with Gasteiger partial charge >= 0.3 is 0 Å². The topological polar surface area (TPSA) is 71.1 Å². The second-order valence-electron chi connectivity index (χ2n) is 7.13. The summed E-state index contributed by atoms with van der Waals surface area (Å²) in [6.45, 7) is 7.24. The van der Waals surface area contributed by atoms with Gasteiger partial charge in [-0.25, -0.2) is 0 Å². The van der Waals surface area contributed by atoms with Gasteiger partial charge in [0.25, 0.3) is 0 Å². The summed E-state index contributed by atoms with van der Waals surface area (Å²) in [6.07, 6.45) is 2.02. The summed E-state index contributed by atoms with van der Waals surface area (Å²) in [5.74, 6) is 1.33. The molecule has 1 aromatic rings. The number of hydrogen-bond acceptors (Lipinski definition) is 5. The van der Waals surface area contributed by atoms with Gasteiger partial charge in [0.1, 0.15) is 12.6 Å². The molecule has 146 valence electrons. The van der Waals surface area contributed by atoms with E-state index in [1.807, 2.05) is 38.1 Å². The number of carbonyl (C=O) groups excluding carboxylic acids is 2. The van der Waals surface area contributed by atoms with Crippen LogP contribution in [-0.4, -0.2) is 67.6 Å². The van der Waals surface area contributed by atoms with Crippen molar-refractivity contribution in [1.29, 1.82) is 0 Å². The fraction of sp³-hybridized carbons (Fsp3) is 0.500. The van der Waals surface area contributed by atoms with Crippen molar-refractivity contribution in [1.82, 2.24) is 15.1 Å². The highest BCUT2D eigenvalue weighted by atomic mass is 16.5. The Balaban J connectivity index is 1.64. The van der Waals surface area contributed by atoms with Gasteiger partial charge in [-0.3, -0.25) is 14.5 Å². The number of methoxy groups -OCH3 is 1. The van der Waals surface area contributed by atoms with E-state index in [1.165, 1.54) is 5.57 Å². The van der Waals surface area contributed by atoms with Crippen LogP contribution in [-0.2, 0) is 16.1 Å². The molecule has 2 aliphatic rings. The van der Waals surface area contributed by atoms with Crippen LogP contribution in [0, 0.1) is 0 Å². The number of hydrogen-bond donors (Lipinski definition) is 1. The molecule has 7 heteroatoms. The van der Waals surface area contributed by atoms with E-state index in [0.717, 1.165) is 12.1 Å². The third kappa shape index (κ3) is 4.60. The number of carbonyl (C=O) groups is 2. The number of amides is 2. The van der Waals surface area contributed by atoms with E-state index in [2.05, 4.69) is 10.2 Å². The van der Waals surface area contributed by atoms with Crippen LogP contribution in [0.1, 0.15) is 19.4 Å². The lowest BCUT2D eigenvalue weighted by atomic mass is 10.1. The summed E-state index contributed by atoms with van der Waals surface area (Å²) in [7, 11) is 1.63. The van der Waals surface area contributed by atoms with Crippen LogP contribution < -0.4 is 14.8 Å². The van der Waals surface area contributed by atoms with Gasteiger partial charge in [-0.05, 0) is 37.6 Å². The summed E-state index contributed by atoms with van der Waals surface area (Å²) in [4.78, 5) is 27.9. The first-order valence-corrected chi connectivity index (χ1v) is 9.20. The van der Waals surface area contributed by atoms with Gasteiger partial charge in [0.15, 0.2) is 11.5 Å². The zero-order chi connectivity index (χ0) is 19.4. The lowest BCUT2D eigenvalue weighted by molar-refractivity contribution is -0.149. The van der Waals surface area contributed by atoms with Crippen molar-refractivity contribution >= 4 is 11.8 Å². The summed E-state index contributed by atoms with van der Waals surface area (Å²) in [6, 6.07) is 5.50. The Morgan fingerprint density at radius 2 is 2.07 bits per heavy atom. The molecule has 3 rings (SSSR count). The fourth-order valence-electron chi connectivity index (χ4n) is 3.37. The van der Waals surface area contributed by atoms with Gasteiger partial charge in [0, 0.05) is 26.2 Å². The Kier molecular flexibility index (Phi) is 6.01. The summed E-state index contributed by atoms with van der Waals surface area (Å²) >= 11 is 0. The molecule has 0 unspecified atom stereocenters. The van der Waals surface area contributed by atoms with E-state index in [0.29, 0.717) is 37.7 Å². The van der Waals surface area contributed by atoms with Crippen molar-refractivity contribution in [2.24, 2.45) is 0 Å². The van der Waals surface area contributed by atoms with E-state index in [1.54, 1.807) is 12.0 Å². The number of benzene rings is 1. The van der Waals surface area contributed by atoms with Crippen LogP contribution in [0.2, 0.25) is 0 Å². The Labute approximate surface area is 159 Å². The first-order valence-electron chi connectivity index (χ1n) is 9.20. The SMILES string of the molecule is COc1cc(CN2CCN3C(=O)CNC(=O)[C@@H]3C2)ccc1OCC=C(C)C. The van der Waals surface area contributed by atoms with Crippen LogP contribution in [0.4, 0.5) is 0 Å². The van der Waals surface area contributed by atoms with E-state index in [-0.39, 0.29) is 18.4 Å². The van der Waals surface area contributed by atoms with E-state index >= 15 is 0 Å². The minimum atomic E-state index is -0.395. The quantitative estimate of drug-likeness (QED) is 0.759. The van der Waals surface area contributed by atoms with E-state index < -0.39 is 6.04 Å². The smallest absolute Gasteiger partial charge is 0.244 e. The third-order valence-electron chi connectivity index (χ3n) is 4.87. The maximum absolute atomic E-state index is 12.1. The van der Waals surface area contributed by atoms with Gasteiger partial charge in [0.05, 0.1) is 13.7 Å². The molecular formula is C20H27N3O4. The molecule has 1 atom stereocenters. The number of nitrogens with zero attached hydrogens (tertiary/aromatic N) is 2. The van der Waals surface area contributed by atoms with Crippen molar-refractivity contribution in [3.63, 3.8) is 0 Å². The second kappa shape index (κ2) is 8.43. The van der Waals surface area contributed by atoms with Crippen LogP contribution >= 0.6 is 0 Å². The summed E-state index contributed by atoms with van der Waals surface area (Å²) in [5, 5.41) is 2.67. The van der Waals surface area contributed by atoms with Crippen LogP contribution in [0.25, 0.3) is 0 Å². The number of ether oxygens (including phenoxy) is 2. The van der Waals surface area contributed by atoms with Gasteiger partial charge in [0.2, 0.25) is 11.8 Å². The first-order chi connectivity index (χ1) is 13.0. The Hall–Kier alpha value is -2.54. The lowest BCUT2D eigenvalue weighted by Gasteiger charge is -2.43. The number of nitrogens with one attached hydrogen (secondary N) is 1. The zero-order valence-corrected chi connectivity index (χ0v) is 16.2. The molecule has 2 aliphatic heterocycles. The Morgan fingerprint density at radius 3 is 2.81 bits per heavy atom. The summed E-state index contributed by atoms with van der Waals surface area (Å²) in [5.41, 5.74) is 2.28. The van der Waals surface area contributed by atoms with Crippen molar-refractivity contribution in [2.45, 2.75) is 26.4 Å². The van der Waals surface area contributed by atoms with Crippen LogP contribution in [0.3, 0.4) is 0 Å². The molecule has 27 heavy (non-hydrogen) atoms. The van der Waals surface area contributed by atoms with Crippen molar-refractivity contribution < 1.29 is 19.1 Å². The highest BCUT2D eigenvalue weighted by Crippen LogP contribution is 2.29. The highest BCUT2D eigenvalue weighted by Gasteiger charge is 2.38. The molecule has 2 saturated heterocycles. The average Bonchev–Trinajstić information content (AvgIpc) is 2.65. The van der Waals surface area contributed by atoms with E-state index in [9.17, 15) is 9.59 Å². The number of allylic oxidation sites excluding steroid dienone is 1. The molecule has 2 heterocycles. The Morgan fingerprint density at radius 1 is 1.26 bits per heavy atom. The molecule has 0 radical (unpaired) electrons. The van der Waals surface area contributed by atoms with Gasteiger partial charge in [-0.2, -0.15) is 0 Å². The molecule has 0 aliphatic carbocycles. The zero-order valence-electron chi connectivity index (χ0n) is 16.2. The molecule has 2 amide bonds. The number of fused-ring (bicyclic) bond motifs is 1. The largest absolute Gasteiger partial charge is 0.493 e. The molecule has 0 aromatic heterocycles. The lowest BCUT2D eigenvalue weighted by Crippen LogP contribution is -2.65. The van der Waals surface area contributed by atoms with Crippen LogP contribution in [0.5, 0.6) is 11.5 Å². The Bertz CT molecular complexity index is 743. The van der Waals surface area contributed by atoms with Gasteiger partial charge < -0.3 is 19.7 Å². The third-order valence-corrected chi connectivity index (χ3v) is 4.87. The minimum Gasteiger partial charge on any atom is -0.493 e. The molecule has 1 N–H and O–H groups in total.